The summed E-state index contributed by atoms with van der Waals surface area (Å²) in [6.45, 7) is 1.57. The lowest BCUT2D eigenvalue weighted by atomic mass is 9.96. The van der Waals surface area contributed by atoms with Crippen LogP contribution in [-0.4, -0.2) is 34.0 Å². The van der Waals surface area contributed by atoms with E-state index in [0.717, 1.165) is 51.7 Å². The quantitative estimate of drug-likeness (QED) is 0.776. The maximum Gasteiger partial charge on any atom is 0.0477 e. The molecule has 2 rings (SSSR count). The van der Waals surface area contributed by atoms with E-state index in [0.29, 0.717) is 10.5 Å². The molecule has 0 aromatic rings. The summed E-state index contributed by atoms with van der Waals surface area (Å²) in [6.07, 6.45) is 6.28. The van der Waals surface area contributed by atoms with Crippen LogP contribution in [-0.2, 0) is 15.5 Å². The van der Waals surface area contributed by atoms with Crippen LogP contribution in [0.15, 0.2) is 0 Å². The van der Waals surface area contributed by atoms with Crippen molar-refractivity contribution in [2.75, 3.05) is 13.2 Å². The highest BCUT2D eigenvalue weighted by Crippen LogP contribution is 2.26. The fourth-order valence-electron chi connectivity index (χ4n) is 2.57. The minimum atomic E-state index is -0.674. The topological polar surface area (TPSA) is 52.3 Å². The van der Waals surface area contributed by atoms with Crippen LogP contribution >= 0.6 is 0 Å². The molecule has 1 heterocycles. The molecule has 3 unspecified atom stereocenters. The molecule has 2 fully saturated rings. The third kappa shape index (κ3) is 3.02. The van der Waals surface area contributed by atoms with E-state index in [1.165, 1.54) is 0 Å². The van der Waals surface area contributed by atoms with Crippen LogP contribution in [0, 0.1) is 0 Å². The average Bonchev–Trinajstić information content (AvgIpc) is 2.29. The van der Waals surface area contributed by atoms with Gasteiger partial charge in [0, 0.05) is 40.6 Å². The van der Waals surface area contributed by atoms with Crippen LogP contribution in [0.4, 0.5) is 0 Å². The molecular weight excluding hydrogens is 210 g/mol. The molecule has 0 bridgehead atoms. The number of hydrogen-bond acceptors (Lipinski definition) is 3. The van der Waals surface area contributed by atoms with Crippen molar-refractivity contribution in [1.82, 2.24) is 0 Å². The summed E-state index contributed by atoms with van der Waals surface area (Å²) in [5.74, 6) is 0. The second-order valence-corrected chi connectivity index (χ2v) is 6.68. The molecule has 2 N–H and O–H groups in total. The summed E-state index contributed by atoms with van der Waals surface area (Å²) in [7, 11) is -0.674. The standard InChI is InChI=1S/C11H21NO2S/c12-9-2-1-3-11(8-9)15(13)10-4-6-14-7-5-10/h9-11H,1-8,12H2. The van der Waals surface area contributed by atoms with Crippen molar-refractivity contribution in [2.24, 2.45) is 5.73 Å². The van der Waals surface area contributed by atoms with E-state index in [2.05, 4.69) is 0 Å². The molecule has 1 aliphatic heterocycles. The summed E-state index contributed by atoms with van der Waals surface area (Å²) in [4.78, 5) is 0. The van der Waals surface area contributed by atoms with Gasteiger partial charge in [0.1, 0.15) is 0 Å². The normalized spacial score (nSPS) is 36.3. The molecule has 88 valence electrons. The molecule has 0 amide bonds. The molecule has 4 heteroatoms. The van der Waals surface area contributed by atoms with Crippen molar-refractivity contribution in [3.8, 4) is 0 Å². The van der Waals surface area contributed by atoms with Crippen LogP contribution < -0.4 is 5.73 Å². The molecule has 0 aromatic carbocycles. The molecule has 2 aliphatic rings. The van der Waals surface area contributed by atoms with Crippen LogP contribution in [0.5, 0.6) is 0 Å². The lowest BCUT2D eigenvalue weighted by Crippen LogP contribution is -2.38. The van der Waals surface area contributed by atoms with Gasteiger partial charge in [-0.25, -0.2) is 0 Å². The molecule has 0 spiro atoms. The molecule has 0 aromatic heterocycles. The lowest BCUT2D eigenvalue weighted by Gasteiger charge is -2.30. The average molecular weight is 231 g/mol. The SMILES string of the molecule is NC1CCCC(S(=O)C2CCOCC2)C1. The Morgan fingerprint density at radius 2 is 1.80 bits per heavy atom. The number of ether oxygens (including phenoxy) is 1. The Morgan fingerprint density at radius 3 is 2.47 bits per heavy atom. The van der Waals surface area contributed by atoms with Crippen LogP contribution in [0.2, 0.25) is 0 Å². The summed E-state index contributed by atoms with van der Waals surface area (Å²) >= 11 is 0. The van der Waals surface area contributed by atoms with E-state index in [9.17, 15) is 4.21 Å². The summed E-state index contributed by atoms with van der Waals surface area (Å²) < 4.78 is 17.6. The van der Waals surface area contributed by atoms with Gasteiger partial charge in [-0.15, -0.1) is 0 Å². The van der Waals surface area contributed by atoms with Gasteiger partial charge in [-0.05, 0) is 32.1 Å². The van der Waals surface area contributed by atoms with Gasteiger partial charge in [0.15, 0.2) is 0 Å². The number of nitrogens with two attached hydrogens (primary N) is 1. The Bertz CT molecular complexity index is 229. The maximum atomic E-state index is 12.3. The molecule has 3 atom stereocenters. The van der Waals surface area contributed by atoms with Crippen molar-refractivity contribution >= 4 is 10.8 Å². The van der Waals surface area contributed by atoms with E-state index in [1.807, 2.05) is 0 Å². The fraction of sp³-hybridized carbons (Fsp3) is 1.00. The van der Waals surface area contributed by atoms with E-state index < -0.39 is 10.8 Å². The third-order valence-corrected chi connectivity index (χ3v) is 5.71. The van der Waals surface area contributed by atoms with Gasteiger partial charge in [0.05, 0.1) is 0 Å². The van der Waals surface area contributed by atoms with Gasteiger partial charge in [-0.2, -0.15) is 0 Å². The largest absolute Gasteiger partial charge is 0.381 e. The first-order chi connectivity index (χ1) is 7.27. The maximum absolute atomic E-state index is 12.3. The predicted octanol–water partition coefficient (Wildman–Crippen LogP) is 1.18. The van der Waals surface area contributed by atoms with Crippen LogP contribution in [0.1, 0.15) is 38.5 Å². The fourth-order valence-corrected chi connectivity index (χ4v) is 4.61. The molecule has 1 saturated heterocycles. The van der Waals surface area contributed by atoms with Gasteiger partial charge < -0.3 is 10.5 Å². The van der Waals surface area contributed by atoms with Gasteiger partial charge in [-0.3, -0.25) is 4.21 Å². The number of hydrogen-bond donors (Lipinski definition) is 1. The molecule has 0 radical (unpaired) electrons. The monoisotopic (exact) mass is 231 g/mol. The van der Waals surface area contributed by atoms with Gasteiger partial charge >= 0.3 is 0 Å². The van der Waals surface area contributed by atoms with Crippen LogP contribution in [0.3, 0.4) is 0 Å². The highest BCUT2D eigenvalue weighted by atomic mass is 32.2. The highest BCUT2D eigenvalue weighted by molar-refractivity contribution is 7.86. The predicted molar refractivity (Wildman–Crippen MR) is 62.2 cm³/mol. The number of rotatable bonds is 2. The zero-order chi connectivity index (χ0) is 10.7. The Labute approximate surface area is 94.2 Å². The van der Waals surface area contributed by atoms with Crippen LogP contribution in [0.25, 0.3) is 0 Å². The second kappa shape index (κ2) is 5.41. The van der Waals surface area contributed by atoms with Gasteiger partial charge in [0.25, 0.3) is 0 Å². The van der Waals surface area contributed by atoms with Crippen molar-refractivity contribution in [3.63, 3.8) is 0 Å². The lowest BCUT2D eigenvalue weighted by molar-refractivity contribution is 0.0990. The Kier molecular flexibility index (Phi) is 4.17. The van der Waals surface area contributed by atoms with Gasteiger partial charge in [-0.1, -0.05) is 6.42 Å². The summed E-state index contributed by atoms with van der Waals surface area (Å²) in [5.41, 5.74) is 5.93. The van der Waals surface area contributed by atoms with Crippen molar-refractivity contribution in [1.29, 1.82) is 0 Å². The van der Waals surface area contributed by atoms with Crippen molar-refractivity contribution in [3.05, 3.63) is 0 Å². The molecule has 15 heavy (non-hydrogen) atoms. The second-order valence-electron chi connectivity index (χ2n) is 4.69. The minimum absolute atomic E-state index is 0.285. The first-order valence-electron chi connectivity index (χ1n) is 6.00. The molecule has 1 saturated carbocycles. The first-order valence-corrected chi connectivity index (χ1v) is 7.27. The minimum Gasteiger partial charge on any atom is -0.381 e. The van der Waals surface area contributed by atoms with Crippen molar-refractivity contribution < 1.29 is 8.95 Å². The zero-order valence-electron chi connectivity index (χ0n) is 9.19. The zero-order valence-corrected chi connectivity index (χ0v) is 10.0. The molecular formula is C11H21NO2S. The highest BCUT2D eigenvalue weighted by Gasteiger charge is 2.30. The Morgan fingerprint density at radius 1 is 1.07 bits per heavy atom. The van der Waals surface area contributed by atoms with Gasteiger partial charge in [0.2, 0.25) is 0 Å². The first kappa shape index (κ1) is 11.6. The Balaban J connectivity index is 1.88. The summed E-state index contributed by atoms with van der Waals surface area (Å²) in [6, 6.07) is 0.285. The Hall–Kier alpha value is 0.0700. The van der Waals surface area contributed by atoms with E-state index in [1.54, 1.807) is 0 Å². The van der Waals surface area contributed by atoms with E-state index in [-0.39, 0.29) is 6.04 Å². The molecule has 1 aliphatic carbocycles. The third-order valence-electron chi connectivity index (χ3n) is 3.49. The molecule has 3 nitrogen and oxygen atoms in total. The van der Waals surface area contributed by atoms with E-state index in [4.69, 9.17) is 10.5 Å². The van der Waals surface area contributed by atoms with E-state index >= 15 is 0 Å². The smallest absolute Gasteiger partial charge is 0.0477 e. The van der Waals surface area contributed by atoms with Crippen molar-refractivity contribution in [2.45, 2.75) is 55.1 Å². The summed E-state index contributed by atoms with van der Waals surface area (Å²) in [5, 5.41) is 0.728.